The van der Waals surface area contributed by atoms with Crippen LogP contribution >= 0.6 is 11.8 Å². The fraction of sp³-hybridized carbons (Fsp3) is 0.158. The van der Waals surface area contributed by atoms with Crippen molar-refractivity contribution in [2.75, 3.05) is 7.05 Å². The number of phenolic OH excluding ortho intramolecular Hbond substituents is 1. The Morgan fingerprint density at radius 3 is 2.42 bits per heavy atom. The zero-order chi connectivity index (χ0) is 17.1. The number of hydrogen-bond acceptors (Lipinski definition) is 4. The van der Waals surface area contributed by atoms with Gasteiger partial charge in [-0.2, -0.15) is 0 Å². The third-order valence-corrected chi connectivity index (χ3v) is 4.82. The van der Waals surface area contributed by atoms with Crippen molar-refractivity contribution < 1.29 is 9.90 Å². The molecule has 0 bridgehead atoms. The van der Waals surface area contributed by atoms with Gasteiger partial charge in [-0.3, -0.25) is 9.69 Å². The first-order valence-corrected chi connectivity index (χ1v) is 8.52. The molecule has 1 amide bonds. The molecular weight excluding hydrogens is 320 g/mol. The van der Waals surface area contributed by atoms with Crippen LogP contribution in [0.25, 0.3) is 6.08 Å². The first-order chi connectivity index (χ1) is 11.6. The highest BCUT2D eigenvalue weighted by Gasteiger charge is 2.30. The van der Waals surface area contributed by atoms with Crippen molar-refractivity contribution in [1.82, 2.24) is 4.90 Å². The lowest BCUT2D eigenvalue weighted by molar-refractivity contribution is -0.121. The molecule has 0 aliphatic carbocycles. The summed E-state index contributed by atoms with van der Waals surface area (Å²) in [7, 11) is 1.72. The molecule has 0 atom stereocenters. The smallest absolute Gasteiger partial charge is 0.266 e. The lowest BCUT2D eigenvalue weighted by atomic mass is 10.1. The maximum Gasteiger partial charge on any atom is 0.266 e. The number of phenols is 1. The molecule has 0 aromatic heterocycles. The second kappa shape index (κ2) is 6.93. The number of aliphatic imine (C=N–C) groups is 1. The highest BCUT2D eigenvalue weighted by atomic mass is 32.2. The Labute approximate surface area is 145 Å². The van der Waals surface area contributed by atoms with Crippen molar-refractivity contribution in [1.29, 1.82) is 0 Å². The lowest BCUT2D eigenvalue weighted by Gasteiger charge is -2.07. The molecule has 1 heterocycles. The minimum absolute atomic E-state index is 0.0582. The summed E-state index contributed by atoms with van der Waals surface area (Å²) < 4.78 is 0. The summed E-state index contributed by atoms with van der Waals surface area (Å²) in [6, 6.07) is 14.8. The second-order valence-corrected chi connectivity index (χ2v) is 6.49. The number of aryl methyl sites for hydroxylation is 1. The molecule has 4 nitrogen and oxygen atoms in total. The molecular formula is C19H18N2O2S. The fourth-order valence-electron chi connectivity index (χ4n) is 2.29. The molecule has 122 valence electrons. The summed E-state index contributed by atoms with van der Waals surface area (Å²) in [5, 5.41) is 9.95. The Hall–Kier alpha value is -2.53. The molecule has 0 saturated carbocycles. The fourth-order valence-corrected chi connectivity index (χ4v) is 3.28. The van der Waals surface area contributed by atoms with Gasteiger partial charge in [0.2, 0.25) is 0 Å². The average Bonchev–Trinajstić information content (AvgIpc) is 2.86. The van der Waals surface area contributed by atoms with Crippen molar-refractivity contribution >= 4 is 34.6 Å². The minimum Gasteiger partial charge on any atom is -0.508 e. The van der Waals surface area contributed by atoms with Crippen LogP contribution in [0.2, 0.25) is 0 Å². The highest BCUT2D eigenvalue weighted by molar-refractivity contribution is 8.18. The molecule has 2 aromatic rings. The van der Waals surface area contributed by atoms with Crippen molar-refractivity contribution in [3.05, 3.63) is 64.6 Å². The van der Waals surface area contributed by atoms with Crippen molar-refractivity contribution in [2.45, 2.75) is 13.3 Å². The number of benzene rings is 2. The molecule has 1 N–H and O–H groups in total. The van der Waals surface area contributed by atoms with Crippen LogP contribution in [-0.4, -0.2) is 28.1 Å². The molecule has 1 aliphatic rings. The number of carbonyl (C=O) groups is 1. The van der Waals surface area contributed by atoms with E-state index in [1.54, 1.807) is 36.2 Å². The van der Waals surface area contributed by atoms with E-state index in [-0.39, 0.29) is 11.7 Å². The molecule has 24 heavy (non-hydrogen) atoms. The van der Waals surface area contributed by atoms with Gasteiger partial charge in [0.25, 0.3) is 5.91 Å². The number of nitrogens with zero attached hydrogens (tertiary/aromatic N) is 2. The summed E-state index contributed by atoms with van der Waals surface area (Å²) in [6.07, 6.45) is 2.89. The number of amides is 1. The number of likely N-dealkylation sites (N-methyl/N-ethyl adjacent to an activating group) is 1. The van der Waals surface area contributed by atoms with Crippen LogP contribution in [0, 0.1) is 0 Å². The lowest BCUT2D eigenvalue weighted by Crippen LogP contribution is -2.23. The summed E-state index contributed by atoms with van der Waals surface area (Å²) in [6.45, 7) is 2.12. The topological polar surface area (TPSA) is 52.9 Å². The third-order valence-electron chi connectivity index (χ3n) is 3.76. The van der Waals surface area contributed by atoms with Gasteiger partial charge in [0.15, 0.2) is 5.17 Å². The quantitative estimate of drug-likeness (QED) is 0.854. The third kappa shape index (κ3) is 3.51. The molecule has 1 fully saturated rings. The van der Waals surface area contributed by atoms with Gasteiger partial charge in [-0.15, -0.1) is 0 Å². The van der Waals surface area contributed by atoms with Gasteiger partial charge in [0, 0.05) is 7.05 Å². The number of rotatable bonds is 3. The number of aromatic hydroxyl groups is 1. The summed E-state index contributed by atoms with van der Waals surface area (Å²) in [4.78, 5) is 19.1. The predicted molar refractivity (Wildman–Crippen MR) is 99.4 cm³/mol. The Morgan fingerprint density at radius 1 is 1.12 bits per heavy atom. The van der Waals surface area contributed by atoms with E-state index in [1.807, 2.05) is 18.2 Å². The number of hydrogen-bond donors (Lipinski definition) is 1. The normalized spacial score (nSPS) is 17.9. The first kappa shape index (κ1) is 16.3. The van der Waals surface area contributed by atoms with Gasteiger partial charge < -0.3 is 5.11 Å². The largest absolute Gasteiger partial charge is 0.508 e. The Kier molecular flexibility index (Phi) is 4.71. The van der Waals surface area contributed by atoms with Gasteiger partial charge in [0.1, 0.15) is 5.75 Å². The van der Waals surface area contributed by atoms with Gasteiger partial charge in [-0.1, -0.05) is 31.2 Å². The van der Waals surface area contributed by atoms with Crippen LogP contribution in [0.1, 0.15) is 18.1 Å². The van der Waals surface area contributed by atoms with E-state index in [1.165, 1.54) is 17.3 Å². The summed E-state index contributed by atoms with van der Waals surface area (Å²) in [5.74, 6) is 0.135. The van der Waals surface area contributed by atoms with Crippen LogP contribution in [0.4, 0.5) is 5.69 Å². The SMILES string of the molecule is CCc1ccc(/C=C2\SC(=Nc3ccc(O)cc3)N(C)C2=O)cc1. The van der Waals surface area contributed by atoms with Crippen molar-refractivity contribution in [3.63, 3.8) is 0 Å². The monoisotopic (exact) mass is 338 g/mol. The van der Waals surface area contributed by atoms with Crippen LogP contribution in [0.15, 0.2) is 58.4 Å². The predicted octanol–water partition coefficient (Wildman–Crippen LogP) is 4.19. The van der Waals surface area contributed by atoms with Crippen molar-refractivity contribution in [2.24, 2.45) is 4.99 Å². The molecule has 0 spiro atoms. The molecule has 1 saturated heterocycles. The maximum atomic E-state index is 12.4. The van der Waals surface area contributed by atoms with Gasteiger partial charge >= 0.3 is 0 Å². The second-order valence-electron chi connectivity index (χ2n) is 5.48. The van der Waals surface area contributed by atoms with Crippen LogP contribution in [0.3, 0.4) is 0 Å². The summed E-state index contributed by atoms with van der Waals surface area (Å²) >= 11 is 1.36. The van der Waals surface area contributed by atoms with Crippen LogP contribution in [-0.2, 0) is 11.2 Å². The molecule has 1 aliphatic heterocycles. The molecule has 0 unspecified atom stereocenters. The van der Waals surface area contributed by atoms with E-state index < -0.39 is 0 Å². The maximum absolute atomic E-state index is 12.4. The van der Waals surface area contributed by atoms with Gasteiger partial charge in [0.05, 0.1) is 10.6 Å². The Bertz CT molecular complexity index is 808. The standard InChI is InChI=1S/C19H18N2O2S/c1-3-13-4-6-14(7-5-13)12-17-18(23)21(2)19(24-17)20-15-8-10-16(22)11-9-15/h4-12,22H,3H2,1-2H3/b17-12-,20-19?. The average molecular weight is 338 g/mol. The van der Waals surface area contributed by atoms with E-state index in [9.17, 15) is 9.90 Å². The molecule has 2 aromatic carbocycles. The van der Waals surface area contributed by atoms with E-state index in [0.717, 1.165) is 12.0 Å². The van der Waals surface area contributed by atoms with E-state index in [0.29, 0.717) is 15.8 Å². The molecule has 5 heteroatoms. The summed E-state index contributed by atoms with van der Waals surface area (Å²) in [5.41, 5.74) is 2.97. The Morgan fingerprint density at radius 2 is 1.79 bits per heavy atom. The zero-order valence-electron chi connectivity index (χ0n) is 13.6. The number of amidine groups is 1. The van der Waals surface area contributed by atoms with Crippen LogP contribution < -0.4 is 0 Å². The first-order valence-electron chi connectivity index (χ1n) is 7.71. The minimum atomic E-state index is -0.0582. The van der Waals surface area contributed by atoms with Gasteiger partial charge in [-0.05, 0) is 59.7 Å². The molecule has 3 rings (SSSR count). The highest BCUT2D eigenvalue weighted by Crippen LogP contribution is 2.33. The zero-order valence-corrected chi connectivity index (χ0v) is 14.4. The van der Waals surface area contributed by atoms with Crippen molar-refractivity contribution in [3.8, 4) is 5.75 Å². The van der Waals surface area contributed by atoms with E-state index >= 15 is 0 Å². The Balaban J connectivity index is 1.85. The van der Waals surface area contributed by atoms with Gasteiger partial charge in [-0.25, -0.2) is 4.99 Å². The van der Waals surface area contributed by atoms with Crippen LogP contribution in [0.5, 0.6) is 5.75 Å². The van der Waals surface area contributed by atoms with E-state index in [4.69, 9.17) is 0 Å². The van der Waals surface area contributed by atoms with E-state index in [2.05, 4.69) is 24.0 Å². The number of carbonyl (C=O) groups excluding carboxylic acids is 1. The molecule has 0 radical (unpaired) electrons. The number of thioether (sulfide) groups is 1.